The van der Waals surface area contributed by atoms with Crippen molar-refractivity contribution in [2.75, 3.05) is 20.1 Å². The summed E-state index contributed by atoms with van der Waals surface area (Å²) in [6, 6.07) is 6.06. The fourth-order valence-corrected chi connectivity index (χ4v) is 2.71. The van der Waals surface area contributed by atoms with Crippen molar-refractivity contribution in [2.24, 2.45) is 0 Å². The lowest BCUT2D eigenvalue weighted by Gasteiger charge is -2.32. The third-order valence-electron chi connectivity index (χ3n) is 3.97. The van der Waals surface area contributed by atoms with E-state index in [-0.39, 0.29) is 18.2 Å². The van der Waals surface area contributed by atoms with Crippen molar-refractivity contribution < 1.29 is 4.39 Å². The number of aryl methyl sites for hydroxylation is 1. The summed E-state index contributed by atoms with van der Waals surface area (Å²) in [5.41, 5.74) is 2.04. The standard InChI is InChI=1S/C15H23FN2.ClH/c1-3-12-5-4-6-15(16)14(12)11-18-9-7-13(17-2)8-10-18;/h4-6,13,17H,3,7-11H2,1-2H3;1H. The molecule has 0 saturated carbocycles. The molecule has 1 aromatic carbocycles. The van der Waals surface area contributed by atoms with Crippen molar-refractivity contribution in [3.8, 4) is 0 Å². The lowest BCUT2D eigenvalue weighted by Crippen LogP contribution is -2.41. The highest BCUT2D eigenvalue weighted by Crippen LogP contribution is 2.19. The fraction of sp³-hybridized carbons (Fsp3) is 0.600. The molecule has 108 valence electrons. The van der Waals surface area contributed by atoms with Gasteiger partial charge in [-0.2, -0.15) is 0 Å². The van der Waals surface area contributed by atoms with Crippen molar-refractivity contribution in [3.05, 3.63) is 35.1 Å². The van der Waals surface area contributed by atoms with Gasteiger partial charge in [-0.3, -0.25) is 4.90 Å². The fourth-order valence-electron chi connectivity index (χ4n) is 2.71. The van der Waals surface area contributed by atoms with E-state index in [0.717, 1.165) is 50.0 Å². The third-order valence-corrected chi connectivity index (χ3v) is 3.97. The van der Waals surface area contributed by atoms with Crippen LogP contribution in [0.1, 0.15) is 30.9 Å². The molecule has 2 rings (SSSR count). The molecule has 0 bridgehead atoms. The first-order valence-corrected chi connectivity index (χ1v) is 6.90. The van der Waals surface area contributed by atoms with Gasteiger partial charge in [0.2, 0.25) is 0 Å². The van der Waals surface area contributed by atoms with Crippen molar-refractivity contribution in [1.29, 1.82) is 0 Å². The Morgan fingerprint density at radius 1 is 1.32 bits per heavy atom. The Labute approximate surface area is 121 Å². The summed E-state index contributed by atoms with van der Waals surface area (Å²) in [5, 5.41) is 3.32. The van der Waals surface area contributed by atoms with Gasteiger partial charge in [-0.15, -0.1) is 12.4 Å². The van der Waals surface area contributed by atoms with Crippen LogP contribution < -0.4 is 5.32 Å². The van der Waals surface area contributed by atoms with Gasteiger partial charge in [0.1, 0.15) is 5.82 Å². The summed E-state index contributed by atoms with van der Waals surface area (Å²) < 4.78 is 13.9. The van der Waals surface area contributed by atoms with Crippen LogP contribution in [-0.4, -0.2) is 31.1 Å². The second-order valence-corrected chi connectivity index (χ2v) is 5.07. The lowest BCUT2D eigenvalue weighted by molar-refractivity contribution is 0.192. The van der Waals surface area contributed by atoms with Gasteiger partial charge in [-0.25, -0.2) is 4.39 Å². The first kappa shape index (κ1) is 16.4. The van der Waals surface area contributed by atoms with Crippen LogP contribution in [0.3, 0.4) is 0 Å². The van der Waals surface area contributed by atoms with E-state index < -0.39 is 0 Å². The molecule has 0 aliphatic carbocycles. The Kier molecular flexibility index (Phi) is 6.76. The minimum absolute atomic E-state index is 0. The van der Waals surface area contributed by atoms with Crippen LogP contribution in [0, 0.1) is 5.82 Å². The molecular weight excluding hydrogens is 263 g/mol. The molecule has 0 atom stereocenters. The van der Waals surface area contributed by atoms with Crippen LogP contribution in [0.15, 0.2) is 18.2 Å². The van der Waals surface area contributed by atoms with Gasteiger partial charge < -0.3 is 5.32 Å². The average Bonchev–Trinajstić information content (AvgIpc) is 2.42. The Morgan fingerprint density at radius 2 is 2.00 bits per heavy atom. The predicted molar refractivity (Wildman–Crippen MR) is 80.4 cm³/mol. The quantitative estimate of drug-likeness (QED) is 0.915. The Hall–Kier alpha value is -0.640. The Morgan fingerprint density at radius 3 is 2.58 bits per heavy atom. The number of hydrogen-bond donors (Lipinski definition) is 1. The van der Waals surface area contributed by atoms with E-state index in [2.05, 4.69) is 17.1 Å². The molecule has 0 aromatic heterocycles. The van der Waals surface area contributed by atoms with E-state index in [4.69, 9.17) is 0 Å². The van der Waals surface area contributed by atoms with E-state index >= 15 is 0 Å². The third kappa shape index (κ3) is 4.16. The largest absolute Gasteiger partial charge is 0.317 e. The summed E-state index contributed by atoms with van der Waals surface area (Å²) in [7, 11) is 2.02. The minimum Gasteiger partial charge on any atom is -0.317 e. The lowest BCUT2D eigenvalue weighted by atomic mass is 10.0. The molecule has 0 radical (unpaired) electrons. The number of rotatable bonds is 4. The van der Waals surface area contributed by atoms with Crippen molar-refractivity contribution >= 4 is 12.4 Å². The molecule has 1 aliphatic heterocycles. The summed E-state index contributed by atoms with van der Waals surface area (Å²) in [5.74, 6) is -0.0508. The molecule has 4 heteroatoms. The molecule has 1 heterocycles. The van der Waals surface area contributed by atoms with Crippen LogP contribution in [0.25, 0.3) is 0 Å². The van der Waals surface area contributed by atoms with Gasteiger partial charge in [0.05, 0.1) is 0 Å². The van der Waals surface area contributed by atoms with Crippen LogP contribution in [0.4, 0.5) is 4.39 Å². The summed E-state index contributed by atoms with van der Waals surface area (Å²) in [6.07, 6.45) is 3.22. The van der Waals surface area contributed by atoms with E-state index in [1.807, 2.05) is 19.2 Å². The molecule has 1 fully saturated rings. The van der Waals surface area contributed by atoms with Gasteiger partial charge in [-0.1, -0.05) is 19.1 Å². The number of likely N-dealkylation sites (tertiary alicyclic amines) is 1. The molecule has 1 aromatic rings. The highest BCUT2D eigenvalue weighted by atomic mass is 35.5. The zero-order valence-electron chi connectivity index (χ0n) is 11.8. The molecule has 1 N–H and O–H groups in total. The smallest absolute Gasteiger partial charge is 0.127 e. The van der Waals surface area contributed by atoms with Crippen molar-refractivity contribution in [2.45, 2.75) is 38.8 Å². The molecule has 0 amide bonds. The molecule has 1 saturated heterocycles. The van der Waals surface area contributed by atoms with Crippen LogP contribution in [0.2, 0.25) is 0 Å². The highest BCUT2D eigenvalue weighted by Gasteiger charge is 2.19. The molecule has 1 aliphatic rings. The minimum atomic E-state index is -0.0508. The Balaban J connectivity index is 0.00000180. The van der Waals surface area contributed by atoms with Gasteiger partial charge in [0.15, 0.2) is 0 Å². The number of halogens is 2. The summed E-state index contributed by atoms with van der Waals surface area (Å²) >= 11 is 0. The normalized spacial score (nSPS) is 17.2. The number of nitrogens with zero attached hydrogens (tertiary/aromatic N) is 1. The van der Waals surface area contributed by atoms with E-state index in [1.165, 1.54) is 0 Å². The monoisotopic (exact) mass is 286 g/mol. The van der Waals surface area contributed by atoms with E-state index in [9.17, 15) is 4.39 Å². The van der Waals surface area contributed by atoms with Crippen molar-refractivity contribution in [3.63, 3.8) is 0 Å². The van der Waals surface area contributed by atoms with Crippen LogP contribution in [-0.2, 0) is 13.0 Å². The second-order valence-electron chi connectivity index (χ2n) is 5.07. The molecule has 0 spiro atoms. The predicted octanol–water partition coefficient (Wildman–Crippen LogP) is 2.99. The SMILES string of the molecule is CCc1cccc(F)c1CN1CCC(NC)CC1.Cl. The zero-order valence-corrected chi connectivity index (χ0v) is 12.6. The maximum atomic E-state index is 13.9. The van der Waals surface area contributed by atoms with Gasteiger partial charge in [0, 0.05) is 18.2 Å². The van der Waals surface area contributed by atoms with Crippen molar-refractivity contribution in [1.82, 2.24) is 10.2 Å². The van der Waals surface area contributed by atoms with Gasteiger partial charge in [0.25, 0.3) is 0 Å². The molecule has 2 nitrogen and oxygen atoms in total. The number of benzene rings is 1. The maximum absolute atomic E-state index is 13.9. The molecule has 0 unspecified atom stereocenters. The first-order chi connectivity index (χ1) is 8.74. The van der Waals surface area contributed by atoms with Gasteiger partial charge >= 0.3 is 0 Å². The highest BCUT2D eigenvalue weighted by molar-refractivity contribution is 5.85. The number of piperidine rings is 1. The first-order valence-electron chi connectivity index (χ1n) is 6.90. The molecular formula is C15H24ClFN2. The van der Waals surface area contributed by atoms with E-state index in [0.29, 0.717) is 6.04 Å². The average molecular weight is 287 g/mol. The second kappa shape index (κ2) is 7.83. The number of hydrogen-bond acceptors (Lipinski definition) is 2. The molecule has 19 heavy (non-hydrogen) atoms. The topological polar surface area (TPSA) is 15.3 Å². The number of nitrogens with one attached hydrogen (secondary N) is 1. The van der Waals surface area contributed by atoms with E-state index in [1.54, 1.807) is 6.07 Å². The van der Waals surface area contributed by atoms with Crippen LogP contribution >= 0.6 is 12.4 Å². The van der Waals surface area contributed by atoms with Gasteiger partial charge in [-0.05, 0) is 51.0 Å². The maximum Gasteiger partial charge on any atom is 0.127 e. The Bertz CT molecular complexity index is 390. The zero-order chi connectivity index (χ0) is 13.0. The van der Waals surface area contributed by atoms with Crippen LogP contribution in [0.5, 0.6) is 0 Å². The summed E-state index contributed by atoms with van der Waals surface area (Å²) in [4.78, 5) is 2.37. The summed E-state index contributed by atoms with van der Waals surface area (Å²) in [6.45, 7) is 4.96.